The molecule has 0 bridgehead atoms. The molecule has 1 saturated heterocycles. The van der Waals surface area contributed by atoms with Crippen molar-refractivity contribution in [3.8, 4) is 17.0 Å². The van der Waals surface area contributed by atoms with Gasteiger partial charge in [-0.15, -0.1) is 0 Å². The molecule has 0 spiro atoms. The molecule has 2 aliphatic heterocycles. The molecule has 3 aromatic rings. The lowest BCUT2D eigenvalue weighted by Crippen LogP contribution is -2.46. The number of carbonyl (C=O) groups is 1. The van der Waals surface area contributed by atoms with Crippen molar-refractivity contribution in [2.24, 2.45) is 5.41 Å². The summed E-state index contributed by atoms with van der Waals surface area (Å²) in [5.74, 6) is 1.45. The number of benzene rings is 2. The number of esters is 1. The smallest absolute Gasteiger partial charge is 0.313 e. The normalized spacial score (nSPS) is 20.3. The van der Waals surface area contributed by atoms with E-state index in [1.165, 1.54) is 29.4 Å². The molecule has 0 aliphatic carbocycles. The summed E-state index contributed by atoms with van der Waals surface area (Å²) in [6.45, 7) is 9.84. The van der Waals surface area contributed by atoms with Gasteiger partial charge < -0.3 is 24.4 Å². The molecule has 0 radical (unpaired) electrons. The van der Waals surface area contributed by atoms with Crippen LogP contribution in [0.5, 0.6) is 5.75 Å². The van der Waals surface area contributed by atoms with Crippen molar-refractivity contribution in [2.75, 3.05) is 38.8 Å². The van der Waals surface area contributed by atoms with Crippen molar-refractivity contribution in [1.82, 2.24) is 10.3 Å². The molecular formula is C33H41N3O4. The molecule has 5 rings (SSSR count). The third-order valence-corrected chi connectivity index (χ3v) is 8.61. The Labute approximate surface area is 237 Å². The zero-order chi connectivity index (χ0) is 28.3. The van der Waals surface area contributed by atoms with Crippen LogP contribution in [0.3, 0.4) is 0 Å². The highest BCUT2D eigenvalue weighted by Gasteiger charge is 2.50. The fourth-order valence-corrected chi connectivity index (χ4v) is 6.29. The van der Waals surface area contributed by atoms with Crippen LogP contribution < -0.4 is 15.0 Å². The summed E-state index contributed by atoms with van der Waals surface area (Å²) in [6.07, 6.45) is 2.74. The van der Waals surface area contributed by atoms with Gasteiger partial charge in [0.05, 0.1) is 30.9 Å². The number of aryl methyl sites for hydroxylation is 2. The van der Waals surface area contributed by atoms with Crippen molar-refractivity contribution < 1.29 is 19.0 Å². The zero-order valence-electron chi connectivity index (χ0n) is 24.4. The third kappa shape index (κ3) is 5.32. The highest BCUT2D eigenvalue weighted by molar-refractivity contribution is 5.79. The van der Waals surface area contributed by atoms with Crippen molar-refractivity contribution >= 4 is 11.8 Å². The van der Waals surface area contributed by atoms with E-state index in [0.29, 0.717) is 26.2 Å². The number of fused-ring (bicyclic) bond motifs is 1. The quantitative estimate of drug-likeness (QED) is 0.370. The topological polar surface area (TPSA) is 72.9 Å². The van der Waals surface area contributed by atoms with E-state index in [0.717, 1.165) is 54.3 Å². The molecule has 40 heavy (non-hydrogen) atoms. The van der Waals surface area contributed by atoms with Gasteiger partial charge in [-0.2, -0.15) is 0 Å². The predicted octanol–water partition coefficient (Wildman–Crippen LogP) is 5.25. The molecular weight excluding hydrogens is 502 g/mol. The molecule has 7 heteroatoms. The van der Waals surface area contributed by atoms with Crippen LogP contribution >= 0.6 is 0 Å². The standard InChI is InChI=1S/C33H41N3O4/c1-6-24-17-23(18-25-13-15-34-19-27(24)25)20-40-31-22(2)9-7-10-26(31)28-11-8-12-30(35-28)36-16-14-33(3,32(37)39-5)29(36)21-38-4/h7-12,17-18,29,34H,6,13-16,19-21H2,1-5H3/t29?,33-/m1/s1. The maximum atomic E-state index is 12.7. The van der Waals surface area contributed by atoms with E-state index < -0.39 is 5.41 Å². The average Bonchev–Trinajstić information content (AvgIpc) is 3.32. The van der Waals surface area contributed by atoms with Crippen molar-refractivity contribution in [2.45, 2.75) is 59.2 Å². The summed E-state index contributed by atoms with van der Waals surface area (Å²) < 4.78 is 17.3. The Balaban J connectivity index is 1.43. The number of methoxy groups -OCH3 is 2. The number of pyridine rings is 1. The largest absolute Gasteiger partial charge is 0.488 e. The number of ether oxygens (including phenoxy) is 3. The van der Waals surface area contributed by atoms with Crippen molar-refractivity contribution in [1.29, 1.82) is 0 Å². The highest BCUT2D eigenvalue weighted by atomic mass is 16.5. The number of rotatable bonds is 9. The average molecular weight is 544 g/mol. The Morgan fingerprint density at radius 3 is 2.77 bits per heavy atom. The molecule has 7 nitrogen and oxygen atoms in total. The monoisotopic (exact) mass is 543 g/mol. The molecule has 1 fully saturated rings. The number of nitrogens with zero attached hydrogens (tertiary/aromatic N) is 2. The van der Waals surface area contributed by atoms with Crippen LogP contribution in [0.1, 0.15) is 48.1 Å². The van der Waals surface area contributed by atoms with E-state index >= 15 is 0 Å². The van der Waals surface area contributed by atoms with E-state index in [9.17, 15) is 4.79 Å². The Hall–Kier alpha value is -3.42. The van der Waals surface area contributed by atoms with Crippen LogP contribution in [-0.2, 0) is 40.3 Å². The van der Waals surface area contributed by atoms with Gasteiger partial charge in [0.15, 0.2) is 0 Å². The lowest BCUT2D eigenvalue weighted by Gasteiger charge is -2.33. The zero-order valence-corrected chi connectivity index (χ0v) is 24.4. The van der Waals surface area contributed by atoms with Gasteiger partial charge >= 0.3 is 5.97 Å². The molecule has 1 N–H and O–H groups in total. The highest BCUT2D eigenvalue weighted by Crippen LogP contribution is 2.41. The first-order chi connectivity index (χ1) is 19.4. The van der Waals surface area contributed by atoms with Crippen LogP contribution in [0.4, 0.5) is 5.82 Å². The van der Waals surface area contributed by atoms with Gasteiger partial charge in [0, 0.05) is 25.8 Å². The van der Waals surface area contributed by atoms with E-state index in [-0.39, 0.29) is 12.0 Å². The summed E-state index contributed by atoms with van der Waals surface area (Å²) in [4.78, 5) is 20.0. The first-order valence-electron chi connectivity index (χ1n) is 14.3. The lowest BCUT2D eigenvalue weighted by atomic mass is 9.82. The van der Waals surface area contributed by atoms with Gasteiger partial charge in [0.25, 0.3) is 0 Å². The first kappa shape index (κ1) is 28.1. The number of aromatic nitrogens is 1. The van der Waals surface area contributed by atoms with Crippen LogP contribution in [0.15, 0.2) is 48.5 Å². The van der Waals surface area contributed by atoms with E-state index in [4.69, 9.17) is 19.2 Å². The van der Waals surface area contributed by atoms with E-state index in [1.807, 2.05) is 31.2 Å². The van der Waals surface area contributed by atoms with Gasteiger partial charge in [-0.3, -0.25) is 4.79 Å². The van der Waals surface area contributed by atoms with Crippen LogP contribution in [0, 0.1) is 12.3 Å². The Bertz CT molecular complexity index is 1360. The summed E-state index contributed by atoms with van der Waals surface area (Å²) in [5, 5.41) is 3.50. The summed E-state index contributed by atoms with van der Waals surface area (Å²) in [7, 11) is 3.11. The van der Waals surface area contributed by atoms with Crippen LogP contribution in [0.25, 0.3) is 11.3 Å². The molecule has 0 saturated carbocycles. The van der Waals surface area contributed by atoms with E-state index in [2.05, 4.69) is 48.3 Å². The summed E-state index contributed by atoms with van der Waals surface area (Å²) in [5.41, 5.74) is 7.69. The minimum Gasteiger partial charge on any atom is -0.488 e. The Kier molecular flexibility index (Phi) is 8.43. The third-order valence-electron chi connectivity index (χ3n) is 8.61. The van der Waals surface area contributed by atoms with Gasteiger partial charge in [-0.1, -0.05) is 37.3 Å². The molecule has 0 amide bonds. The van der Waals surface area contributed by atoms with Crippen molar-refractivity contribution in [3.05, 3.63) is 76.3 Å². The van der Waals surface area contributed by atoms with Crippen LogP contribution in [0.2, 0.25) is 0 Å². The second-order valence-corrected chi connectivity index (χ2v) is 11.1. The van der Waals surface area contributed by atoms with Gasteiger partial charge in [0.2, 0.25) is 0 Å². The summed E-state index contributed by atoms with van der Waals surface area (Å²) in [6, 6.07) is 16.7. The molecule has 1 unspecified atom stereocenters. The second-order valence-electron chi connectivity index (χ2n) is 11.1. The molecule has 2 aliphatic rings. The second kappa shape index (κ2) is 12.0. The maximum absolute atomic E-state index is 12.7. The molecule has 212 valence electrons. The maximum Gasteiger partial charge on any atom is 0.313 e. The van der Waals surface area contributed by atoms with Gasteiger partial charge in [-0.05, 0) is 85.7 Å². The molecule has 2 atom stereocenters. The molecule has 3 heterocycles. The SMILES string of the molecule is CCc1cc(COc2c(C)cccc2-c2cccc(N3CC[C@@](C)(C(=O)OC)C3COC)n2)cc2c1CNCC2. The van der Waals surface area contributed by atoms with Crippen LogP contribution in [-0.4, -0.2) is 50.9 Å². The fourth-order valence-electron chi connectivity index (χ4n) is 6.29. The first-order valence-corrected chi connectivity index (χ1v) is 14.3. The number of para-hydroxylation sites is 1. The molecule has 1 aromatic heterocycles. The fraction of sp³-hybridized carbons (Fsp3) is 0.455. The predicted molar refractivity (Wildman–Crippen MR) is 158 cm³/mol. The minimum atomic E-state index is -0.664. The number of nitrogens with one attached hydrogen (secondary N) is 1. The van der Waals surface area contributed by atoms with Crippen molar-refractivity contribution in [3.63, 3.8) is 0 Å². The molecule has 2 aromatic carbocycles. The minimum absolute atomic E-state index is 0.173. The Morgan fingerprint density at radius 1 is 1.18 bits per heavy atom. The number of anilines is 1. The summed E-state index contributed by atoms with van der Waals surface area (Å²) >= 11 is 0. The Morgan fingerprint density at radius 2 is 2.00 bits per heavy atom. The van der Waals surface area contributed by atoms with Gasteiger partial charge in [0.1, 0.15) is 18.2 Å². The lowest BCUT2D eigenvalue weighted by molar-refractivity contribution is -0.152. The number of hydrogen-bond acceptors (Lipinski definition) is 7. The van der Waals surface area contributed by atoms with E-state index in [1.54, 1.807) is 7.11 Å². The van der Waals surface area contributed by atoms with Gasteiger partial charge in [-0.25, -0.2) is 4.98 Å². The number of hydrogen-bond donors (Lipinski definition) is 1. The number of carbonyl (C=O) groups excluding carboxylic acids is 1.